The molecule has 0 fully saturated rings. The number of esters is 1. The van der Waals surface area contributed by atoms with Crippen LogP contribution in [0.2, 0.25) is 0 Å². The lowest BCUT2D eigenvalue weighted by Crippen LogP contribution is -2.07. The van der Waals surface area contributed by atoms with E-state index in [0.717, 1.165) is 6.07 Å². The predicted molar refractivity (Wildman–Crippen MR) is 47.0 cm³/mol. The van der Waals surface area contributed by atoms with Gasteiger partial charge in [-0.25, -0.2) is 9.18 Å². The van der Waals surface area contributed by atoms with Gasteiger partial charge in [0.2, 0.25) is 5.83 Å². The minimum absolute atomic E-state index is 0.0905. The summed E-state index contributed by atoms with van der Waals surface area (Å²) in [4.78, 5) is 10.7. The first-order valence-electron chi connectivity index (χ1n) is 3.83. The molecule has 1 aromatic rings. The van der Waals surface area contributed by atoms with Gasteiger partial charge in [-0.3, -0.25) is 0 Å². The van der Waals surface area contributed by atoms with Gasteiger partial charge in [0.05, 0.1) is 0 Å². The van der Waals surface area contributed by atoms with Crippen LogP contribution in [-0.2, 0) is 4.79 Å². The monoisotopic (exact) mass is 198 g/mol. The molecule has 0 bridgehead atoms. The molecule has 1 rings (SSSR count). The van der Waals surface area contributed by atoms with Gasteiger partial charge in [-0.2, -0.15) is 4.39 Å². The highest BCUT2D eigenvalue weighted by atomic mass is 19.1. The number of ether oxygens (including phenoxy) is 1. The fraction of sp³-hybridized carbons (Fsp3) is 0.100. The highest BCUT2D eigenvalue weighted by Crippen LogP contribution is 2.16. The Morgan fingerprint density at radius 1 is 1.50 bits per heavy atom. The summed E-state index contributed by atoms with van der Waals surface area (Å²) in [6, 6.07) is 3.68. The smallest absolute Gasteiger partial charge is 0.371 e. The summed E-state index contributed by atoms with van der Waals surface area (Å²) in [5.41, 5.74) is 0.319. The maximum atomic E-state index is 12.8. The van der Waals surface area contributed by atoms with Crippen LogP contribution in [0.5, 0.6) is 5.75 Å². The van der Waals surface area contributed by atoms with Crippen LogP contribution in [0.25, 0.3) is 0 Å². The molecule has 0 radical (unpaired) electrons. The van der Waals surface area contributed by atoms with Crippen LogP contribution >= 0.6 is 0 Å². The number of aryl methyl sites for hydroxylation is 1. The number of hydrogen-bond donors (Lipinski definition) is 0. The largest absolute Gasteiger partial charge is 0.421 e. The van der Waals surface area contributed by atoms with Crippen molar-refractivity contribution in [3.05, 3.63) is 42.0 Å². The third-order valence-corrected chi connectivity index (χ3v) is 1.56. The maximum Gasteiger partial charge on any atom is 0.371 e. The van der Waals surface area contributed by atoms with E-state index in [9.17, 15) is 13.6 Å². The van der Waals surface area contributed by atoms with Gasteiger partial charge in [-0.05, 0) is 30.7 Å². The molecule has 0 aliphatic rings. The van der Waals surface area contributed by atoms with Gasteiger partial charge < -0.3 is 4.74 Å². The van der Waals surface area contributed by atoms with Gasteiger partial charge in [-0.15, -0.1) is 0 Å². The summed E-state index contributed by atoms with van der Waals surface area (Å²) in [6.45, 7) is 4.29. The maximum absolute atomic E-state index is 12.8. The molecule has 0 atom stereocenters. The second-order valence-electron chi connectivity index (χ2n) is 2.71. The van der Waals surface area contributed by atoms with Gasteiger partial charge in [0.1, 0.15) is 11.6 Å². The zero-order chi connectivity index (χ0) is 10.7. The van der Waals surface area contributed by atoms with Gasteiger partial charge in [0.15, 0.2) is 0 Å². The summed E-state index contributed by atoms with van der Waals surface area (Å²) in [5.74, 6) is -2.68. The van der Waals surface area contributed by atoms with E-state index in [-0.39, 0.29) is 5.75 Å². The molecule has 0 saturated heterocycles. The topological polar surface area (TPSA) is 26.3 Å². The molecule has 0 spiro atoms. The van der Waals surface area contributed by atoms with E-state index >= 15 is 0 Å². The first-order chi connectivity index (χ1) is 6.50. The molecule has 0 saturated carbocycles. The summed E-state index contributed by atoms with van der Waals surface area (Å²) >= 11 is 0. The minimum Gasteiger partial charge on any atom is -0.421 e. The molecular formula is C10H8F2O2. The van der Waals surface area contributed by atoms with Crippen molar-refractivity contribution < 1.29 is 18.3 Å². The lowest BCUT2D eigenvalue weighted by Gasteiger charge is -2.03. The molecule has 4 heteroatoms. The highest BCUT2D eigenvalue weighted by Gasteiger charge is 2.09. The Morgan fingerprint density at radius 2 is 2.14 bits per heavy atom. The van der Waals surface area contributed by atoms with Gasteiger partial charge in [0, 0.05) is 0 Å². The first kappa shape index (κ1) is 10.4. The molecule has 0 unspecified atom stereocenters. The van der Waals surface area contributed by atoms with E-state index < -0.39 is 17.6 Å². The van der Waals surface area contributed by atoms with Crippen molar-refractivity contribution >= 4 is 5.97 Å². The normalized spacial score (nSPS) is 9.64. The molecule has 14 heavy (non-hydrogen) atoms. The van der Waals surface area contributed by atoms with Gasteiger partial charge >= 0.3 is 5.97 Å². The molecule has 0 N–H and O–H groups in total. The van der Waals surface area contributed by atoms with Crippen LogP contribution in [-0.4, -0.2) is 5.97 Å². The molecule has 0 aliphatic heterocycles. The lowest BCUT2D eigenvalue weighted by molar-refractivity contribution is -0.131. The van der Waals surface area contributed by atoms with Crippen LogP contribution in [0, 0.1) is 12.7 Å². The second kappa shape index (κ2) is 4.00. The van der Waals surface area contributed by atoms with Crippen molar-refractivity contribution in [3.8, 4) is 5.75 Å². The molecule has 0 aliphatic carbocycles. The van der Waals surface area contributed by atoms with Crippen molar-refractivity contribution in [2.45, 2.75) is 6.92 Å². The Bertz CT molecular complexity index is 386. The average molecular weight is 198 g/mol. The van der Waals surface area contributed by atoms with Crippen molar-refractivity contribution in [2.24, 2.45) is 0 Å². The minimum atomic E-state index is -1.19. The van der Waals surface area contributed by atoms with Crippen molar-refractivity contribution in [3.63, 3.8) is 0 Å². The lowest BCUT2D eigenvalue weighted by atomic mass is 10.2. The fourth-order valence-corrected chi connectivity index (χ4v) is 0.843. The van der Waals surface area contributed by atoms with Crippen LogP contribution < -0.4 is 4.74 Å². The standard InChI is InChI=1S/C10H8F2O2/c1-6-5-8(3-4-9(6)12)14-10(13)7(2)11/h3-5H,2H2,1H3. The van der Waals surface area contributed by atoms with Crippen LogP contribution in [0.3, 0.4) is 0 Å². The number of halogens is 2. The summed E-state index contributed by atoms with van der Waals surface area (Å²) < 4.78 is 29.5. The summed E-state index contributed by atoms with van der Waals surface area (Å²) in [6.07, 6.45) is 0. The fourth-order valence-electron chi connectivity index (χ4n) is 0.843. The van der Waals surface area contributed by atoms with Crippen molar-refractivity contribution in [1.29, 1.82) is 0 Å². The average Bonchev–Trinajstić information content (AvgIpc) is 2.11. The van der Waals surface area contributed by atoms with Crippen LogP contribution in [0.4, 0.5) is 8.78 Å². The molecular weight excluding hydrogens is 190 g/mol. The SMILES string of the molecule is C=C(F)C(=O)Oc1ccc(F)c(C)c1. The second-order valence-corrected chi connectivity index (χ2v) is 2.71. The molecule has 74 valence electrons. The van der Waals surface area contributed by atoms with E-state index in [1.807, 2.05) is 0 Å². The molecule has 1 aromatic carbocycles. The van der Waals surface area contributed by atoms with E-state index in [0.29, 0.717) is 5.56 Å². The van der Waals surface area contributed by atoms with Crippen molar-refractivity contribution in [2.75, 3.05) is 0 Å². The Hall–Kier alpha value is -1.71. The number of rotatable bonds is 2. The zero-order valence-electron chi connectivity index (χ0n) is 7.51. The molecule has 0 amide bonds. The first-order valence-corrected chi connectivity index (χ1v) is 3.83. The summed E-state index contributed by atoms with van der Waals surface area (Å²) in [7, 11) is 0. The van der Waals surface area contributed by atoms with E-state index in [1.165, 1.54) is 19.1 Å². The number of benzene rings is 1. The van der Waals surface area contributed by atoms with E-state index in [4.69, 9.17) is 0 Å². The molecule has 2 nitrogen and oxygen atoms in total. The Labute approximate surface area is 79.8 Å². The number of hydrogen-bond acceptors (Lipinski definition) is 2. The third-order valence-electron chi connectivity index (χ3n) is 1.56. The number of carbonyl (C=O) groups is 1. The Balaban J connectivity index is 2.83. The van der Waals surface area contributed by atoms with Crippen LogP contribution in [0.15, 0.2) is 30.6 Å². The third kappa shape index (κ3) is 2.39. The predicted octanol–water partition coefficient (Wildman–Crippen LogP) is 2.52. The van der Waals surface area contributed by atoms with Crippen LogP contribution in [0.1, 0.15) is 5.56 Å². The van der Waals surface area contributed by atoms with Crippen molar-refractivity contribution in [1.82, 2.24) is 0 Å². The van der Waals surface area contributed by atoms with E-state index in [1.54, 1.807) is 0 Å². The molecule has 0 heterocycles. The zero-order valence-corrected chi connectivity index (χ0v) is 7.51. The van der Waals surface area contributed by atoms with Gasteiger partial charge in [-0.1, -0.05) is 6.58 Å². The highest BCUT2D eigenvalue weighted by molar-refractivity contribution is 5.87. The van der Waals surface area contributed by atoms with Gasteiger partial charge in [0.25, 0.3) is 0 Å². The Morgan fingerprint density at radius 3 is 2.64 bits per heavy atom. The Kier molecular flexibility index (Phi) is 2.96. The van der Waals surface area contributed by atoms with E-state index in [2.05, 4.69) is 11.3 Å². The molecule has 0 aromatic heterocycles. The summed E-state index contributed by atoms with van der Waals surface area (Å²) in [5, 5.41) is 0. The number of carbonyl (C=O) groups excluding carboxylic acids is 1. The quantitative estimate of drug-likeness (QED) is 0.414.